The van der Waals surface area contributed by atoms with E-state index in [1.807, 2.05) is 30.0 Å². The number of anilines is 1. The third kappa shape index (κ3) is 1.50. The first-order valence-corrected chi connectivity index (χ1v) is 6.49. The van der Waals surface area contributed by atoms with Crippen molar-refractivity contribution in [3.05, 3.63) is 29.8 Å². The average molecular weight is 270 g/mol. The van der Waals surface area contributed by atoms with Crippen molar-refractivity contribution in [1.29, 1.82) is 0 Å². The van der Waals surface area contributed by atoms with Gasteiger partial charge in [0.05, 0.1) is 5.41 Å². The number of carbonyl (C=O) groups is 1. The lowest BCUT2D eigenvalue weighted by Gasteiger charge is -2.22. The van der Waals surface area contributed by atoms with Crippen LogP contribution >= 0.6 is 23.2 Å². The standard InChI is InChI=1S/C13H13Cl2NO/c1-12(8-13(12,14)15)11(17)16-7-6-9-4-2-3-5-10(9)16/h2-5H,6-8H2,1H3. The smallest absolute Gasteiger partial charge is 0.236 e. The number of rotatable bonds is 1. The van der Waals surface area contributed by atoms with Crippen molar-refractivity contribution < 1.29 is 4.79 Å². The minimum Gasteiger partial charge on any atom is -0.311 e. The molecule has 0 N–H and O–H groups in total. The molecule has 1 saturated carbocycles. The third-order valence-electron chi connectivity index (χ3n) is 3.86. The zero-order chi connectivity index (χ0) is 12.3. The summed E-state index contributed by atoms with van der Waals surface area (Å²) in [5.41, 5.74) is 1.61. The van der Waals surface area contributed by atoms with Gasteiger partial charge in [-0.2, -0.15) is 0 Å². The van der Waals surface area contributed by atoms with Gasteiger partial charge in [-0.15, -0.1) is 23.2 Å². The summed E-state index contributed by atoms with van der Waals surface area (Å²) < 4.78 is -0.887. The summed E-state index contributed by atoms with van der Waals surface area (Å²) in [5.74, 6) is 0.0486. The maximum atomic E-state index is 12.5. The van der Waals surface area contributed by atoms with E-state index in [1.165, 1.54) is 5.56 Å². The van der Waals surface area contributed by atoms with Crippen molar-refractivity contribution >= 4 is 34.8 Å². The zero-order valence-electron chi connectivity index (χ0n) is 9.54. The van der Waals surface area contributed by atoms with Crippen LogP contribution in [-0.4, -0.2) is 16.8 Å². The van der Waals surface area contributed by atoms with E-state index in [0.29, 0.717) is 6.42 Å². The summed E-state index contributed by atoms with van der Waals surface area (Å²) in [6.45, 7) is 2.58. The van der Waals surface area contributed by atoms with Crippen LogP contribution in [0.3, 0.4) is 0 Å². The molecule has 1 amide bonds. The largest absolute Gasteiger partial charge is 0.311 e. The first-order valence-electron chi connectivity index (χ1n) is 5.73. The highest BCUT2D eigenvalue weighted by Gasteiger charge is 2.69. The van der Waals surface area contributed by atoms with Crippen molar-refractivity contribution in [3.63, 3.8) is 0 Å². The lowest BCUT2D eigenvalue weighted by atomic mass is 10.1. The van der Waals surface area contributed by atoms with Gasteiger partial charge in [0.25, 0.3) is 0 Å². The van der Waals surface area contributed by atoms with Crippen molar-refractivity contribution in [2.24, 2.45) is 5.41 Å². The molecule has 3 rings (SSSR count). The van der Waals surface area contributed by atoms with Gasteiger partial charge in [-0.05, 0) is 31.4 Å². The van der Waals surface area contributed by atoms with Crippen LogP contribution in [0.25, 0.3) is 0 Å². The third-order valence-corrected chi connectivity index (χ3v) is 4.96. The van der Waals surface area contributed by atoms with Gasteiger partial charge < -0.3 is 4.90 Å². The summed E-state index contributed by atoms with van der Waals surface area (Å²) >= 11 is 12.1. The summed E-state index contributed by atoms with van der Waals surface area (Å²) in [6.07, 6.45) is 1.45. The molecule has 0 saturated heterocycles. The van der Waals surface area contributed by atoms with Crippen LogP contribution < -0.4 is 4.90 Å². The number of halogens is 2. The van der Waals surface area contributed by atoms with E-state index >= 15 is 0 Å². The van der Waals surface area contributed by atoms with E-state index in [-0.39, 0.29) is 5.91 Å². The molecule has 2 nitrogen and oxygen atoms in total. The van der Waals surface area contributed by atoms with Crippen LogP contribution in [0.2, 0.25) is 0 Å². The molecule has 4 heteroatoms. The van der Waals surface area contributed by atoms with Gasteiger partial charge in [0.15, 0.2) is 0 Å². The minimum absolute atomic E-state index is 0.0486. The minimum atomic E-state index is -0.887. The van der Waals surface area contributed by atoms with Crippen LogP contribution in [-0.2, 0) is 11.2 Å². The quantitative estimate of drug-likeness (QED) is 0.718. The van der Waals surface area contributed by atoms with Gasteiger partial charge in [-0.25, -0.2) is 0 Å². The highest BCUT2D eigenvalue weighted by Crippen LogP contribution is 2.64. The van der Waals surface area contributed by atoms with E-state index < -0.39 is 9.75 Å². The molecule has 2 aliphatic rings. The van der Waals surface area contributed by atoms with Gasteiger partial charge in [-0.3, -0.25) is 4.79 Å². The van der Waals surface area contributed by atoms with Crippen molar-refractivity contribution in [1.82, 2.24) is 0 Å². The van der Waals surface area contributed by atoms with Crippen molar-refractivity contribution in [2.45, 2.75) is 24.1 Å². The number of fused-ring (bicyclic) bond motifs is 1. The van der Waals surface area contributed by atoms with E-state index in [9.17, 15) is 4.79 Å². The molecule has 17 heavy (non-hydrogen) atoms. The monoisotopic (exact) mass is 269 g/mol. The Morgan fingerprint density at radius 1 is 1.35 bits per heavy atom. The number of nitrogens with zero attached hydrogens (tertiary/aromatic N) is 1. The zero-order valence-corrected chi connectivity index (χ0v) is 11.1. The summed E-state index contributed by atoms with van der Waals surface area (Å²) in [4.78, 5) is 14.3. The molecule has 90 valence electrons. The van der Waals surface area contributed by atoms with E-state index in [0.717, 1.165) is 18.7 Å². The number of hydrogen-bond donors (Lipinski definition) is 0. The Bertz CT molecular complexity index is 500. The second-order valence-electron chi connectivity index (χ2n) is 5.05. The molecule has 0 aromatic heterocycles. The first-order chi connectivity index (χ1) is 7.96. The Hall–Kier alpha value is -0.730. The first kappa shape index (κ1) is 11.4. The molecule has 1 aromatic rings. The number of benzene rings is 1. The fraction of sp³-hybridized carbons (Fsp3) is 0.462. The number of hydrogen-bond acceptors (Lipinski definition) is 1. The number of carbonyl (C=O) groups excluding carboxylic acids is 1. The van der Waals surface area contributed by atoms with E-state index in [4.69, 9.17) is 23.2 Å². The topological polar surface area (TPSA) is 20.3 Å². The summed E-state index contributed by atoms with van der Waals surface area (Å²) in [7, 11) is 0. The normalized spacial score (nSPS) is 29.0. The highest BCUT2D eigenvalue weighted by atomic mass is 35.5. The number of para-hydroxylation sites is 1. The molecule has 1 aliphatic carbocycles. The van der Waals surface area contributed by atoms with E-state index in [1.54, 1.807) is 0 Å². The molecule has 1 aliphatic heterocycles. The average Bonchev–Trinajstić information content (AvgIpc) is 2.67. The molecule has 0 bridgehead atoms. The number of amides is 1. The molecule has 1 fully saturated rings. The van der Waals surface area contributed by atoms with Gasteiger partial charge in [-0.1, -0.05) is 18.2 Å². The summed E-state index contributed by atoms with van der Waals surface area (Å²) in [6, 6.07) is 8.00. The van der Waals surface area contributed by atoms with Crippen LogP contribution in [0.5, 0.6) is 0 Å². The Morgan fingerprint density at radius 3 is 2.65 bits per heavy atom. The molecule has 1 heterocycles. The molecular formula is C13H13Cl2NO. The fourth-order valence-electron chi connectivity index (χ4n) is 2.48. The maximum Gasteiger partial charge on any atom is 0.236 e. The molecule has 1 aromatic carbocycles. The lowest BCUT2D eigenvalue weighted by molar-refractivity contribution is -0.123. The van der Waals surface area contributed by atoms with Gasteiger partial charge >= 0.3 is 0 Å². The van der Waals surface area contributed by atoms with E-state index in [2.05, 4.69) is 6.07 Å². The van der Waals surface area contributed by atoms with Gasteiger partial charge in [0.2, 0.25) is 5.91 Å². The van der Waals surface area contributed by atoms with Crippen LogP contribution in [0.4, 0.5) is 5.69 Å². The SMILES string of the molecule is CC1(C(=O)N2CCc3ccccc32)CC1(Cl)Cl. The fourth-order valence-corrected chi connectivity index (χ4v) is 3.18. The van der Waals surface area contributed by atoms with Gasteiger partial charge in [0, 0.05) is 12.2 Å². The second kappa shape index (κ2) is 3.39. The number of alkyl halides is 2. The molecule has 0 radical (unpaired) electrons. The van der Waals surface area contributed by atoms with Crippen molar-refractivity contribution in [2.75, 3.05) is 11.4 Å². The molecule has 1 unspecified atom stereocenters. The summed E-state index contributed by atoms with van der Waals surface area (Å²) in [5, 5.41) is 0. The highest BCUT2D eigenvalue weighted by molar-refractivity contribution is 6.53. The van der Waals surface area contributed by atoms with Crippen LogP contribution in [0.1, 0.15) is 18.9 Å². The Morgan fingerprint density at radius 2 is 2.00 bits per heavy atom. The second-order valence-corrected chi connectivity index (χ2v) is 6.53. The van der Waals surface area contributed by atoms with Gasteiger partial charge in [0.1, 0.15) is 4.33 Å². The Balaban J connectivity index is 1.91. The Labute approximate surface area is 111 Å². The Kier molecular flexibility index (Phi) is 2.27. The molecule has 1 atom stereocenters. The van der Waals surface area contributed by atoms with Crippen LogP contribution in [0, 0.1) is 5.41 Å². The molecule has 0 spiro atoms. The van der Waals surface area contributed by atoms with Crippen LogP contribution in [0.15, 0.2) is 24.3 Å². The maximum absolute atomic E-state index is 12.5. The molecular weight excluding hydrogens is 257 g/mol. The predicted octanol–water partition coefficient (Wildman–Crippen LogP) is 3.16. The predicted molar refractivity (Wildman–Crippen MR) is 69.7 cm³/mol. The lowest BCUT2D eigenvalue weighted by Crippen LogP contribution is -2.37. The van der Waals surface area contributed by atoms with Crippen molar-refractivity contribution in [3.8, 4) is 0 Å².